The summed E-state index contributed by atoms with van der Waals surface area (Å²) < 4.78 is 0. The minimum Gasteiger partial charge on any atom is -0.309 e. The Labute approximate surface area is 116 Å². The van der Waals surface area contributed by atoms with E-state index in [9.17, 15) is 0 Å². The molecule has 0 aliphatic rings. The zero-order valence-electron chi connectivity index (χ0n) is 12.2. The van der Waals surface area contributed by atoms with Crippen LogP contribution in [0.1, 0.15) is 45.3 Å². The highest BCUT2D eigenvalue weighted by Crippen LogP contribution is 2.22. The third-order valence-corrected chi connectivity index (χ3v) is 3.32. The number of benzene rings is 1. The molecular formula is C17H24N2. The van der Waals surface area contributed by atoms with Crippen molar-refractivity contribution >= 4 is 10.9 Å². The molecule has 1 aromatic carbocycles. The average Bonchev–Trinajstić information content (AvgIpc) is 2.42. The third-order valence-electron chi connectivity index (χ3n) is 3.32. The maximum atomic E-state index is 4.82. The van der Waals surface area contributed by atoms with Crippen LogP contribution in [0, 0.1) is 5.92 Å². The van der Waals surface area contributed by atoms with Gasteiger partial charge in [0.05, 0.1) is 11.2 Å². The van der Waals surface area contributed by atoms with E-state index < -0.39 is 0 Å². The van der Waals surface area contributed by atoms with Gasteiger partial charge in [0.25, 0.3) is 0 Å². The maximum Gasteiger partial charge on any atom is 0.0706 e. The fourth-order valence-corrected chi connectivity index (χ4v) is 2.37. The van der Waals surface area contributed by atoms with Crippen molar-refractivity contribution in [2.75, 3.05) is 6.54 Å². The second kappa shape index (κ2) is 6.67. The number of hydrogen-bond acceptors (Lipinski definition) is 2. The minimum atomic E-state index is 0.365. The van der Waals surface area contributed by atoms with Crippen molar-refractivity contribution in [1.82, 2.24) is 10.3 Å². The Morgan fingerprint density at radius 2 is 1.89 bits per heavy atom. The summed E-state index contributed by atoms with van der Waals surface area (Å²) >= 11 is 0. The lowest BCUT2D eigenvalue weighted by Gasteiger charge is -2.20. The van der Waals surface area contributed by atoms with Gasteiger partial charge in [-0.2, -0.15) is 0 Å². The number of pyridine rings is 1. The summed E-state index contributed by atoms with van der Waals surface area (Å²) in [4.78, 5) is 4.82. The number of rotatable bonds is 6. The predicted molar refractivity (Wildman–Crippen MR) is 82.2 cm³/mol. The van der Waals surface area contributed by atoms with Crippen molar-refractivity contribution in [3.05, 3.63) is 42.1 Å². The van der Waals surface area contributed by atoms with Crippen LogP contribution >= 0.6 is 0 Å². The van der Waals surface area contributed by atoms with Gasteiger partial charge in [-0.25, -0.2) is 0 Å². The zero-order chi connectivity index (χ0) is 13.7. The first kappa shape index (κ1) is 14.0. The number of hydrogen-bond donors (Lipinski definition) is 1. The van der Waals surface area contributed by atoms with Crippen LogP contribution in [-0.4, -0.2) is 11.5 Å². The summed E-state index contributed by atoms with van der Waals surface area (Å²) in [5.41, 5.74) is 2.26. The fourth-order valence-electron chi connectivity index (χ4n) is 2.37. The number of nitrogens with zero attached hydrogens (tertiary/aromatic N) is 1. The quantitative estimate of drug-likeness (QED) is 0.832. The molecule has 2 aromatic rings. The Morgan fingerprint density at radius 1 is 1.11 bits per heavy atom. The lowest BCUT2D eigenvalue weighted by Crippen LogP contribution is -2.24. The molecule has 1 heterocycles. The van der Waals surface area contributed by atoms with E-state index in [0.29, 0.717) is 12.0 Å². The SMILES string of the molecule is CCCNC(CC(C)C)c1ccc2ccccc2n1. The fraction of sp³-hybridized carbons (Fsp3) is 0.471. The molecule has 0 aliphatic carbocycles. The van der Waals surface area contributed by atoms with Gasteiger partial charge in [0, 0.05) is 11.4 Å². The van der Waals surface area contributed by atoms with E-state index in [1.807, 2.05) is 0 Å². The summed E-state index contributed by atoms with van der Waals surface area (Å²) in [5, 5.41) is 4.83. The molecule has 0 saturated heterocycles. The van der Waals surface area contributed by atoms with E-state index in [-0.39, 0.29) is 0 Å². The Kier molecular flexibility index (Phi) is 4.92. The molecule has 0 saturated carbocycles. The summed E-state index contributed by atoms with van der Waals surface area (Å²) in [6, 6.07) is 13.0. The van der Waals surface area contributed by atoms with Crippen LogP contribution in [0.2, 0.25) is 0 Å². The highest BCUT2D eigenvalue weighted by Gasteiger charge is 2.14. The first-order chi connectivity index (χ1) is 9.20. The zero-order valence-corrected chi connectivity index (χ0v) is 12.2. The number of para-hydroxylation sites is 1. The van der Waals surface area contributed by atoms with Crippen LogP contribution in [0.3, 0.4) is 0 Å². The van der Waals surface area contributed by atoms with E-state index in [1.54, 1.807) is 0 Å². The van der Waals surface area contributed by atoms with E-state index in [4.69, 9.17) is 4.98 Å². The maximum absolute atomic E-state index is 4.82. The van der Waals surface area contributed by atoms with Gasteiger partial charge in [-0.15, -0.1) is 0 Å². The van der Waals surface area contributed by atoms with Crippen LogP contribution in [0.4, 0.5) is 0 Å². The van der Waals surface area contributed by atoms with Gasteiger partial charge in [0.15, 0.2) is 0 Å². The van der Waals surface area contributed by atoms with Crippen molar-refractivity contribution in [2.24, 2.45) is 5.92 Å². The van der Waals surface area contributed by atoms with Crippen LogP contribution < -0.4 is 5.32 Å². The summed E-state index contributed by atoms with van der Waals surface area (Å²) in [6.07, 6.45) is 2.29. The van der Waals surface area contributed by atoms with E-state index in [0.717, 1.165) is 24.9 Å². The van der Waals surface area contributed by atoms with Crippen LogP contribution in [-0.2, 0) is 0 Å². The molecule has 102 valence electrons. The lowest BCUT2D eigenvalue weighted by atomic mass is 10.00. The molecule has 0 aliphatic heterocycles. The topological polar surface area (TPSA) is 24.9 Å². The molecule has 19 heavy (non-hydrogen) atoms. The lowest BCUT2D eigenvalue weighted by molar-refractivity contribution is 0.423. The summed E-state index contributed by atoms with van der Waals surface area (Å²) in [7, 11) is 0. The molecule has 1 aromatic heterocycles. The largest absolute Gasteiger partial charge is 0.309 e. The molecule has 1 N–H and O–H groups in total. The van der Waals surface area contributed by atoms with E-state index >= 15 is 0 Å². The van der Waals surface area contributed by atoms with E-state index in [1.165, 1.54) is 11.1 Å². The first-order valence-corrected chi connectivity index (χ1v) is 7.29. The summed E-state index contributed by atoms with van der Waals surface area (Å²) in [5.74, 6) is 0.669. The second-order valence-corrected chi connectivity index (χ2v) is 5.57. The van der Waals surface area contributed by atoms with Gasteiger partial charge in [-0.05, 0) is 37.4 Å². The van der Waals surface area contributed by atoms with E-state index in [2.05, 4.69) is 62.5 Å². The van der Waals surface area contributed by atoms with Gasteiger partial charge in [-0.1, -0.05) is 45.0 Å². The highest BCUT2D eigenvalue weighted by molar-refractivity contribution is 5.78. The first-order valence-electron chi connectivity index (χ1n) is 7.29. The molecular weight excluding hydrogens is 232 g/mol. The number of fused-ring (bicyclic) bond motifs is 1. The second-order valence-electron chi connectivity index (χ2n) is 5.57. The average molecular weight is 256 g/mol. The van der Waals surface area contributed by atoms with Gasteiger partial charge in [0.2, 0.25) is 0 Å². The summed E-state index contributed by atoms with van der Waals surface area (Å²) in [6.45, 7) is 7.78. The molecule has 2 nitrogen and oxygen atoms in total. The standard InChI is InChI=1S/C17H24N2/c1-4-11-18-17(12-13(2)3)16-10-9-14-7-5-6-8-15(14)19-16/h5-10,13,17-18H,4,11-12H2,1-3H3. The Bertz CT molecular complexity index is 519. The number of nitrogens with one attached hydrogen (secondary N) is 1. The van der Waals surface area contributed by atoms with Crippen molar-refractivity contribution < 1.29 is 0 Å². The Balaban J connectivity index is 2.26. The van der Waals surface area contributed by atoms with Crippen LogP contribution in [0.15, 0.2) is 36.4 Å². The van der Waals surface area contributed by atoms with Gasteiger partial charge >= 0.3 is 0 Å². The van der Waals surface area contributed by atoms with Crippen molar-refractivity contribution in [2.45, 2.75) is 39.7 Å². The van der Waals surface area contributed by atoms with Gasteiger partial charge < -0.3 is 5.32 Å². The molecule has 0 spiro atoms. The molecule has 1 atom stereocenters. The molecule has 2 heteroatoms. The molecule has 1 unspecified atom stereocenters. The molecule has 0 fully saturated rings. The normalized spacial score (nSPS) is 13.1. The molecule has 0 amide bonds. The van der Waals surface area contributed by atoms with Crippen molar-refractivity contribution in [1.29, 1.82) is 0 Å². The monoisotopic (exact) mass is 256 g/mol. The minimum absolute atomic E-state index is 0.365. The molecule has 0 radical (unpaired) electrons. The van der Waals surface area contributed by atoms with Crippen molar-refractivity contribution in [3.8, 4) is 0 Å². The molecule has 0 bridgehead atoms. The smallest absolute Gasteiger partial charge is 0.0706 e. The predicted octanol–water partition coefficient (Wildman–Crippen LogP) is 4.32. The Hall–Kier alpha value is -1.41. The van der Waals surface area contributed by atoms with Crippen LogP contribution in [0.25, 0.3) is 10.9 Å². The molecule has 2 rings (SSSR count). The third kappa shape index (κ3) is 3.77. The van der Waals surface area contributed by atoms with Crippen molar-refractivity contribution in [3.63, 3.8) is 0 Å². The highest BCUT2D eigenvalue weighted by atomic mass is 14.9. The van der Waals surface area contributed by atoms with Gasteiger partial charge in [0.1, 0.15) is 0 Å². The van der Waals surface area contributed by atoms with Crippen LogP contribution in [0.5, 0.6) is 0 Å². The number of aromatic nitrogens is 1. The van der Waals surface area contributed by atoms with Gasteiger partial charge in [-0.3, -0.25) is 4.98 Å². The Morgan fingerprint density at radius 3 is 2.63 bits per heavy atom.